The largest absolute Gasteiger partial charge is 0.271 e. The predicted molar refractivity (Wildman–Crippen MR) is 86.7 cm³/mol. The van der Waals surface area contributed by atoms with Crippen LogP contribution in [0.5, 0.6) is 0 Å². The van der Waals surface area contributed by atoms with Gasteiger partial charge in [0.1, 0.15) is 0 Å². The van der Waals surface area contributed by atoms with Gasteiger partial charge in [-0.25, -0.2) is 5.43 Å². The molecule has 0 bridgehead atoms. The molecule has 0 saturated heterocycles. The summed E-state index contributed by atoms with van der Waals surface area (Å²) in [5.74, 6) is 6.26. The average molecular weight is 372 g/mol. The molecule has 0 spiro atoms. The summed E-state index contributed by atoms with van der Waals surface area (Å²) in [6.45, 7) is 4.41. The topological polar surface area (TPSA) is 38.0 Å². The molecule has 0 aliphatic carbocycles. The zero-order chi connectivity index (χ0) is 13.1. The van der Waals surface area contributed by atoms with E-state index in [0.717, 1.165) is 0 Å². The smallest absolute Gasteiger partial charge is 0.0718 e. The van der Waals surface area contributed by atoms with Gasteiger partial charge in [0.05, 0.1) is 8.93 Å². The van der Waals surface area contributed by atoms with Crippen LogP contribution in [0.3, 0.4) is 0 Å². The van der Waals surface area contributed by atoms with Gasteiger partial charge in [-0.3, -0.25) is 5.84 Å². The molecule has 0 saturated carbocycles. The number of benzene rings is 1. The van der Waals surface area contributed by atoms with Gasteiger partial charge in [-0.2, -0.15) is 0 Å². The van der Waals surface area contributed by atoms with Crippen LogP contribution in [0.1, 0.15) is 42.5 Å². The number of nitrogens with two attached hydrogens (primary N) is 1. The Labute approximate surface area is 126 Å². The summed E-state index contributed by atoms with van der Waals surface area (Å²) in [7, 11) is 0. The molecular weight excluding hydrogens is 355 g/mol. The molecule has 2 rings (SSSR count). The van der Waals surface area contributed by atoms with E-state index in [4.69, 9.17) is 5.84 Å². The minimum Gasteiger partial charge on any atom is -0.271 e. The van der Waals surface area contributed by atoms with Crippen molar-refractivity contribution < 1.29 is 0 Å². The van der Waals surface area contributed by atoms with Crippen LogP contribution < -0.4 is 11.3 Å². The number of hydrogen-bond donors (Lipinski definition) is 2. The SMILES string of the molecule is CC(C)c1ccc(C(NN)c2csc(I)c2)cc1. The number of hydrazine groups is 1. The normalized spacial score (nSPS) is 12.9. The molecule has 18 heavy (non-hydrogen) atoms. The standard InChI is InChI=1S/C14H17IN2S/c1-9(2)10-3-5-11(6-4-10)14(17-16)12-7-13(15)18-8-12/h3-9,14,17H,16H2,1-2H3. The fourth-order valence-corrected chi connectivity index (χ4v) is 3.33. The highest BCUT2D eigenvalue weighted by molar-refractivity contribution is 14.1. The highest BCUT2D eigenvalue weighted by atomic mass is 127. The maximum atomic E-state index is 5.70. The lowest BCUT2D eigenvalue weighted by atomic mass is 9.97. The summed E-state index contributed by atoms with van der Waals surface area (Å²) < 4.78 is 1.28. The molecule has 96 valence electrons. The summed E-state index contributed by atoms with van der Waals surface area (Å²) >= 11 is 4.08. The summed E-state index contributed by atoms with van der Waals surface area (Å²) in [6, 6.07) is 10.9. The van der Waals surface area contributed by atoms with Crippen molar-refractivity contribution in [3.63, 3.8) is 0 Å². The molecule has 0 amide bonds. The van der Waals surface area contributed by atoms with Gasteiger partial charge in [-0.1, -0.05) is 38.1 Å². The maximum absolute atomic E-state index is 5.70. The number of halogens is 1. The maximum Gasteiger partial charge on any atom is 0.0718 e. The van der Waals surface area contributed by atoms with Crippen molar-refractivity contribution in [1.82, 2.24) is 5.43 Å². The Morgan fingerprint density at radius 1 is 1.11 bits per heavy atom. The molecule has 0 aliphatic heterocycles. The summed E-state index contributed by atoms with van der Waals surface area (Å²) in [5.41, 5.74) is 6.69. The molecule has 1 aromatic heterocycles. The van der Waals surface area contributed by atoms with Crippen LogP contribution in [-0.4, -0.2) is 0 Å². The van der Waals surface area contributed by atoms with Crippen molar-refractivity contribution in [2.75, 3.05) is 0 Å². The first kappa shape index (κ1) is 14.0. The minimum atomic E-state index is 0.0750. The molecule has 0 fully saturated rings. The summed E-state index contributed by atoms with van der Waals surface area (Å²) in [6.07, 6.45) is 0. The van der Waals surface area contributed by atoms with Crippen LogP contribution in [0.2, 0.25) is 0 Å². The van der Waals surface area contributed by atoms with Crippen LogP contribution in [0.25, 0.3) is 0 Å². The Hall–Kier alpha value is -0.430. The Morgan fingerprint density at radius 2 is 1.72 bits per heavy atom. The average Bonchev–Trinajstić information content (AvgIpc) is 2.77. The third-order valence-electron chi connectivity index (χ3n) is 3.02. The third kappa shape index (κ3) is 3.12. The Bertz CT molecular complexity index is 505. The first-order valence-electron chi connectivity index (χ1n) is 5.91. The fourth-order valence-electron chi connectivity index (χ4n) is 1.93. The Balaban J connectivity index is 2.28. The summed E-state index contributed by atoms with van der Waals surface area (Å²) in [4.78, 5) is 0. The summed E-state index contributed by atoms with van der Waals surface area (Å²) in [5, 5.41) is 2.16. The van der Waals surface area contributed by atoms with Crippen molar-refractivity contribution in [2.24, 2.45) is 5.84 Å². The fraction of sp³-hybridized carbons (Fsp3) is 0.286. The molecule has 1 aromatic carbocycles. The molecule has 0 aliphatic rings. The zero-order valence-electron chi connectivity index (χ0n) is 10.5. The first-order valence-corrected chi connectivity index (χ1v) is 7.87. The van der Waals surface area contributed by atoms with E-state index in [9.17, 15) is 0 Å². The Morgan fingerprint density at radius 3 is 2.17 bits per heavy atom. The number of hydrogen-bond acceptors (Lipinski definition) is 3. The molecular formula is C14H17IN2S. The molecule has 1 atom stereocenters. The third-order valence-corrected chi connectivity index (χ3v) is 4.83. The first-order chi connectivity index (χ1) is 8.61. The number of nitrogens with one attached hydrogen (secondary N) is 1. The van der Waals surface area contributed by atoms with E-state index in [2.05, 4.69) is 77.6 Å². The molecule has 4 heteroatoms. The second-order valence-corrected chi connectivity index (χ2v) is 7.41. The van der Waals surface area contributed by atoms with Crippen LogP contribution >= 0.6 is 33.9 Å². The molecule has 1 heterocycles. The predicted octanol–water partition coefficient (Wildman–Crippen LogP) is 4.03. The van der Waals surface area contributed by atoms with Crippen LogP contribution in [-0.2, 0) is 0 Å². The van der Waals surface area contributed by atoms with Crippen LogP contribution in [0.15, 0.2) is 35.7 Å². The highest BCUT2D eigenvalue weighted by Gasteiger charge is 2.14. The Kier molecular flexibility index (Phi) is 4.77. The molecule has 0 radical (unpaired) electrons. The van der Waals surface area contributed by atoms with E-state index in [1.165, 1.54) is 19.6 Å². The van der Waals surface area contributed by atoms with Gasteiger partial charge < -0.3 is 0 Å². The van der Waals surface area contributed by atoms with E-state index in [-0.39, 0.29) is 6.04 Å². The van der Waals surface area contributed by atoms with Gasteiger partial charge in [0.15, 0.2) is 0 Å². The highest BCUT2D eigenvalue weighted by Crippen LogP contribution is 2.27. The minimum absolute atomic E-state index is 0.0750. The van der Waals surface area contributed by atoms with Crippen molar-refractivity contribution >= 4 is 33.9 Å². The quantitative estimate of drug-likeness (QED) is 0.483. The molecule has 3 N–H and O–H groups in total. The monoisotopic (exact) mass is 372 g/mol. The van der Waals surface area contributed by atoms with Crippen molar-refractivity contribution in [2.45, 2.75) is 25.8 Å². The number of thiophene rings is 1. The van der Waals surface area contributed by atoms with Gasteiger partial charge in [0, 0.05) is 0 Å². The van der Waals surface area contributed by atoms with Crippen molar-refractivity contribution in [3.8, 4) is 0 Å². The lowest BCUT2D eigenvalue weighted by molar-refractivity contribution is 0.638. The van der Waals surface area contributed by atoms with E-state index in [1.807, 2.05) is 0 Å². The molecule has 2 aromatic rings. The van der Waals surface area contributed by atoms with Crippen molar-refractivity contribution in [3.05, 3.63) is 55.3 Å². The van der Waals surface area contributed by atoms with Crippen LogP contribution in [0, 0.1) is 2.88 Å². The second-order valence-electron chi connectivity index (χ2n) is 4.61. The number of rotatable bonds is 4. The van der Waals surface area contributed by atoms with E-state index in [1.54, 1.807) is 11.3 Å². The van der Waals surface area contributed by atoms with E-state index >= 15 is 0 Å². The van der Waals surface area contributed by atoms with Gasteiger partial charge in [-0.05, 0) is 56.6 Å². The van der Waals surface area contributed by atoms with Gasteiger partial charge in [0.2, 0.25) is 0 Å². The second kappa shape index (κ2) is 6.14. The lowest BCUT2D eigenvalue weighted by Gasteiger charge is -2.16. The van der Waals surface area contributed by atoms with Gasteiger partial charge in [-0.15, -0.1) is 11.3 Å². The molecule has 1 unspecified atom stereocenters. The van der Waals surface area contributed by atoms with Crippen molar-refractivity contribution in [1.29, 1.82) is 0 Å². The van der Waals surface area contributed by atoms with E-state index in [0.29, 0.717) is 5.92 Å². The van der Waals surface area contributed by atoms with Gasteiger partial charge in [0.25, 0.3) is 0 Å². The van der Waals surface area contributed by atoms with Gasteiger partial charge >= 0.3 is 0 Å². The zero-order valence-corrected chi connectivity index (χ0v) is 13.5. The molecule has 2 nitrogen and oxygen atoms in total. The lowest BCUT2D eigenvalue weighted by Crippen LogP contribution is -2.28. The van der Waals surface area contributed by atoms with Crippen LogP contribution in [0.4, 0.5) is 0 Å². The van der Waals surface area contributed by atoms with E-state index < -0.39 is 0 Å².